The molecule has 114 valence electrons. The second-order valence-corrected chi connectivity index (χ2v) is 6.35. The summed E-state index contributed by atoms with van der Waals surface area (Å²) in [4.78, 5) is 2.91. The largest absolute Gasteiger partial charge is 0.673 e. The molecule has 0 spiro atoms. The summed E-state index contributed by atoms with van der Waals surface area (Å²) >= 11 is 0. The molecular weight excluding hydrogens is 299 g/mol. The third-order valence-electron chi connectivity index (χ3n) is 2.46. The van der Waals surface area contributed by atoms with Gasteiger partial charge in [-0.1, -0.05) is 43.3 Å². The molecule has 2 rings (SSSR count). The molecule has 0 bridgehead atoms. The van der Waals surface area contributed by atoms with Crippen molar-refractivity contribution in [2.75, 3.05) is 5.75 Å². The number of hydrogen-bond acceptors (Lipinski definition) is 0. The van der Waals surface area contributed by atoms with Gasteiger partial charge < -0.3 is 17.3 Å². The summed E-state index contributed by atoms with van der Waals surface area (Å²) < 4.78 is 39.0. The van der Waals surface area contributed by atoms with Crippen molar-refractivity contribution in [3.63, 3.8) is 0 Å². The minimum Gasteiger partial charge on any atom is -0.418 e. The van der Waals surface area contributed by atoms with Crippen LogP contribution in [-0.2, 0) is 10.9 Å². The van der Waals surface area contributed by atoms with E-state index in [0.717, 1.165) is 0 Å². The molecule has 2 aromatic rings. The van der Waals surface area contributed by atoms with Crippen LogP contribution in [0.2, 0.25) is 0 Å². The van der Waals surface area contributed by atoms with Crippen molar-refractivity contribution in [2.45, 2.75) is 23.1 Å². The van der Waals surface area contributed by atoms with Crippen LogP contribution in [0.4, 0.5) is 17.3 Å². The third-order valence-corrected chi connectivity index (χ3v) is 4.96. The monoisotopic (exact) mass is 316 g/mol. The Balaban J connectivity index is 0.000000383. The third kappa shape index (κ3) is 7.80. The Bertz CT molecular complexity index is 457. The highest BCUT2D eigenvalue weighted by atomic mass is 32.2. The summed E-state index contributed by atoms with van der Waals surface area (Å²) in [6.07, 6.45) is 1.23. The molecule has 0 aliphatic rings. The lowest BCUT2D eigenvalue weighted by Gasteiger charge is -2.06. The second-order valence-electron chi connectivity index (χ2n) is 4.22. The molecule has 0 amide bonds. The lowest BCUT2D eigenvalue weighted by atomic mass is 10.3. The molecule has 0 aliphatic carbocycles. The van der Waals surface area contributed by atoms with Gasteiger partial charge in [-0.2, -0.15) is 0 Å². The van der Waals surface area contributed by atoms with Crippen LogP contribution in [0.3, 0.4) is 0 Å². The average molecular weight is 316 g/mol. The summed E-state index contributed by atoms with van der Waals surface area (Å²) in [7, 11) is -5.75. The molecule has 0 nitrogen and oxygen atoms in total. The highest BCUT2D eigenvalue weighted by molar-refractivity contribution is 7.97. The standard InChI is InChI=1S/C15H17S.BF4/c1-2-13-16(14-9-5-3-6-10-14)15-11-7-4-8-12-15;2-1(3,4)5/h3-12H,2,13H2,1H3;/q+1;-1. The molecule has 0 atom stereocenters. The van der Waals surface area contributed by atoms with E-state index in [1.165, 1.54) is 22.0 Å². The molecule has 6 heteroatoms. The molecular formula is C15H17BF4S. The first-order valence-electron chi connectivity index (χ1n) is 6.60. The Labute approximate surface area is 125 Å². The summed E-state index contributed by atoms with van der Waals surface area (Å²) in [5.74, 6) is 1.24. The van der Waals surface area contributed by atoms with Crippen LogP contribution in [0.1, 0.15) is 13.3 Å². The highest BCUT2D eigenvalue weighted by Gasteiger charge is 2.23. The Morgan fingerprint density at radius 2 is 1.10 bits per heavy atom. The van der Waals surface area contributed by atoms with Crippen molar-refractivity contribution in [1.82, 2.24) is 0 Å². The van der Waals surface area contributed by atoms with Crippen molar-refractivity contribution < 1.29 is 17.3 Å². The second kappa shape index (κ2) is 8.77. The first kappa shape index (κ1) is 17.6. The zero-order valence-electron chi connectivity index (χ0n) is 11.7. The summed E-state index contributed by atoms with van der Waals surface area (Å²) in [6.45, 7) is 2.26. The van der Waals surface area contributed by atoms with Gasteiger partial charge in [0.1, 0.15) is 5.75 Å². The first-order valence-corrected chi connectivity index (χ1v) is 7.99. The van der Waals surface area contributed by atoms with Crippen molar-refractivity contribution in [3.8, 4) is 0 Å². The highest BCUT2D eigenvalue weighted by Crippen LogP contribution is 2.23. The van der Waals surface area contributed by atoms with Crippen LogP contribution in [0.5, 0.6) is 0 Å². The van der Waals surface area contributed by atoms with E-state index >= 15 is 0 Å². The summed E-state index contributed by atoms with van der Waals surface area (Å²) in [6, 6.07) is 21.7. The van der Waals surface area contributed by atoms with E-state index in [4.69, 9.17) is 0 Å². The summed E-state index contributed by atoms with van der Waals surface area (Å²) in [5, 5.41) is 0. The van der Waals surface area contributed by atoms with E-state index in [0.29, 0.717) is 0 Å². The molecule has 0 N–H and O–H groups in total. The molecule has 0 fully saturated rings. The topological polar surface area (TPSA) is 0 Å². The molecule has 21 heavy (non-hydrogen) atoms. The van der Waals surface area contributed by atoms with Gasteiger partial charge in [0.2, 0.25) is 0 Å². The fraction of sp³-hybridized carbons (Fsp3) is 0.200. The lowest BCUT2D eigenvalue weighted by Crippen LogP contribution is -2.07. The Morgan fingerprint density at radius 1 is 0.762 bits per heavy atom. The predicted octanol–water partition coefficient (Wildman–Crippen LogP) is 5.43. The van der Waals surface area contributed by atoms with Crippen molar-refractivity contribution in [3.05, 3.63) is 60.7 Å². The number of benzene rings is 2. The Morgan fingerprint density at radius 3 is 1.38 bits per heavy atom. The maximum atomic E-state index is 9.75. The first-order chi connectivity index (χ1) is 9.92. The van der Waals surface area contributed by atoms with E-state index in [-0.39, 0.29) is 10.9 Å². The van der Waals surface area contributed by atoms with Gasteiger partial charge in [-0.15, -0.1) is 0 Å². The number of hydrogen-bond donors (Lipinski definition) is 0. The quantitative estimate of drug-likeness (QED) is 0.401. The molecule has 0 aliphatic heterocycles. The molecule has 0 radical (unpaired) electrons. The van der Waals surface area contributed by atoms with Crippen LogP contribution in [0.15, 0.2) is 70.5 Å². The van der Waals surface area contributed by atoms with Gasteiger partial charge in [-0.3, -0.25) is 0 Å². The molecule has 0 saturated carbocycles. The van der Waals surface area contributed by atoms with Crippen molar-refractivity contribution in [1.29, 1.82) is 0 Å². The maximum Gasteiger partial charge on any atom is 0.673 e. The number of rotatable bonds is 4. The maximum absolute atomic E-state index is 9.75. The summed E-state index contributed by atoms with van der Waals surface area (Å²) in [5.41, 5.74) is 0. The van der Waals surface area contributed by atoms with E-state index < -0.39 is 7.25 Å². The van der Waals surface area contributed by atoms with Gasteiger partial charge in [-0.25, -0.2) is 0 Å². The zero-order valence-corrected chi connectivity index (χ0v) is 12.5. The van der Waals surface area contributed by atoms with E-state index in [2.05, 4.69) is 67.6 Å². The number of halogens is 4. The Kier molecular flexibility index (Phi) is 7.36. The van der Waals surface area contributed by atoms with E-state index in [9.17, 15) is 17.3 Å². The van der Waals surface area contributed by atoms with Gasteiger partial charge >= 0.3 is 7.25 Å². The van der Waals surface area contributed by atoms with Crippen molar-refractivity contribution in [2.24, 2.45) is 0 Å². The average Bonchev–Trinajstić information content (AvgIpc) is 2.45. The molecule has 0 unspecified atom stereocenters. The van der Waals surface area contributed by atoms with Crippen LogP contribution < -0.4 is 0 Å². The fourth-order valence-corrected chi connectivity index (χ4v) is 3.87. The van der Waals surface area contributed by atoms with Crippen LogP contribution >= 0.6 is 0 Å². The smallest absolute Gasteiger partial charge is 0.418 e. The molecule has 0 heterocycles. The fourth-order valence-electron chi connectivity index (χ4n) is 1.75. The van der Waals surface area contributed by atoms with E-state index in [1.54, 1.807) is 0 Å². The van der Waals surface area contributed by atoms with Crippen LogP contribution in [0.25, 0.3) is 0 Å². The normalized spacial score (nSPS) is 11.0. The van der Waals surface area contributed by atoms with E-state index in [1.807, 2.05) is 0 Å². The van der Waals surface area contributed by atoms with Crippen molar-refractivity contribution >= 4 is 18.1 Å². The molecule has 2 aromatic carbocycles. The van der Waals surface area contributed by atoms with Gasteiger partial charge in [-0.05, 0) is 30.7 Å². The minimum atomic E-state index is -6.00. The molecule has 0 aromatic heterocycles. The van der Waals surface area contributed by atoms with Gasteiger partial charge in [0.05, 0.1) is 10.9 Å². The van der Waals surface area contributed by atoms with Gasteiger partial charge in [0.25, 0.3) is 0 Å². The molecule has 0 saturated heterocycles. The van der Waals surface area contributed by atoms with Crippen LogP contribution in [-0.4, -0.2) is 13.0 Å². The zero-order chi connectivity index (χ0) is 15.7. The lowest BCUT2D eigenvalue weighted by molar-refractivity contribution is 0.368. The van der Waals surface area contributed by atoms with Crippen LogP contribution in [0, 0.1) is 0 Å². The van der Waals surface area contributed by atoms with Gasteiger partial charge in [0, 0.05) is 0 Å². The van der Waals surface area contributed by atoms with Gasteiger partial charge in [0.15, 0.2) is 9.79 Å². The minimum absolute atomic E-state index is 0.249. The Hall–Kier alpha value is -1.43. The SMILES string of the molecule is CCC[S+](c1ccccc1)c1ccccc1.F[B-](F)(F)F. The predicted molar refractivity (Wildman–Crippen MR) is 82.1 cm³/mol.